The van der Waals surface area contributed by atoms with E-state index in [4.69, 9.17) is 12.2 Å². The van der Waals surface area contributed by atoms with Gasteiger partial charge in [0.25, 0.3) is 0 Å². The van der Waals surface area contributed by atoms with E-state index in [-0.39, 0.29) is 10.2 Å². The summed E-state index contributed by atoms with van der Waals surface area (Å²) in [6.07, 6.45) is -2.71. The molecule has 0 saturated carbocycles. The number of halogens is 3. The SMILES string of the molecule is CC(C)(C)c1c[nH]c(=S)n1CC(F)(F)F. The van der Waals surface area contributed by atoms with Crippen molar-refractivity contribution < 1.29 is 13.2 Å². The zero-order valence-electron chi connectivity index (χ0n) is 8.77. The molecule has 0 radical (unpaired) electrons. The van der Waals surface area contributed by atoms with Crippen molar-refractivity contribution in [3.63, 3.8) is 0 Å². The highest BCUT2D eigenvalue weighted by molar-refractivity contribution is 7.71. The highest BCUT2D eigenvalue weighted by atomic mass is 32.1. The molecule has 0 aliphatic heterocycles. The van der Waals surface area contributed by atoms with Gasteiger partial charge in [0.1, 0.15) is 6.54 Å². The third-order valence-electron chi connectivity index (χ3n) is 1.97. The van der Waals surface area contributed by atoms with E-state index in [0.29, 0.717) is 5.69 Å². The second-order valence-electron chi connectivity index (χ2n) is 4.43. The normalized spacial score (nSPS) is 13.2. The molecule has 1 aromatic heterocycles. The summed E-state index contributed by atoms with van der Waals surface area (Å²) in [4.78, 5) is 2.64. The maximum Gasteiger partial charge on any atom is 0.406 e. The molecule has 15 heavy (non-hydrogen) atoms. The molecule has 0 spiro atoms. The molecule has 6 heteroatoms. The van der Waals surface area contributed by atoms with Gasteiger partial charge < -0.3 is 9.55 Å². The fourth-order valence-corrected chi connectivity index (χ4v) is 1.57. The second kappa shape index (κ2) is 3.66. The van der Waals surface area contributed by atoms with E-state index in [0.717, 1.165) is 4.57 Å². The molecule has 0 unspecified atom stereocenters. The molecule has 2 nitrogen and oxygen atoms in total. The number of hydrogen-bond acceptors (Lipinski definition) is 1. The number of rotatable bonds is 1. The van der Waals surface area contributed by atoms with E-state index >= 15 is 0 Å². The van der Waals surface area contributed by atoms with Crippen LogP contribution < -0.4 is 0 Å². The Bertz CT molecular complexity index is 395. The van der Waals surface area contributed by atoms with Crippen LogP contribution in [0.4, 0.5) is 13.2 Å². The summed E-state index contributed by atoms with van der Waals surface area (Å²) in [5, 5.41) is 0. The van der Waals surface area contributed by atoms with Crippen LogP contribution in [0.15, 0.2) is 6.20 Å². The number of H-pyrrole nitrogens is 1. The first kappa shape index (κ1) is 12.3. The lowest BCUT2D eigenvalue weighted by molar-refractivity contribution is -0.141. The van der Waals surface area contributed by atoms with Gasteiger partial charge in [-0.25, -0.2) is 0 Å². The summed E-state index contributed by atoms with van der Waals surface area (Å²) in [6, 6.07) is 0. The maximum atomic E-state index is 12.3. The van der Waals surface area contributed by atoms with Crippen LogP contribution in [0.5, 0.6) is 0 Å². The minimum atomic E-state index is -4.25. The lowest BCUT2D eigenvalue weighted by Gasteiger charge is -2.21. The summed E-state index contributed by atoms with van der Waals surface area (Å²) < 4.78 is 38.1. The molecule has 0 aliphatic carbocycles. The quantitative estimate of drug-likeness (QED) is 0.744. The molecular formula is C9H13F3N2S. The van der Waals surface area contributed by atoms with E-state index < -0.39 is 12.7 Å². The van der Waals surface area contributed by atoms with E-state index in [1.54, 1.807) is 0 Å². The summed E-state index contributed by atoms with van der Waals surface area (Å²) in [6.45, 7) is 4.50. The van der Waals surface area contributed by atoms with Crippen LogP contribution in [0.2, 0.25) is 0 Å². The summed E-state index contributed by atoms with van der Waals surface area (Å²) in [7, 11) is 0. The van der Waals surface area contributed by atoms with Crippen molar-refractivity contribution in [1.29, 1.82) is 0 Å². The van der Waals surface area contributed by atoms with Gasteiger partial charge in [0.2, 0.25) is 0 Å². The number of aromatic amines is 1. The first-order valence-corrected chi connectivity index (χ1v) is 4.87. The molecule has 0 fully saturated rings. The Balaban J connectivity index is 3.17. The van der Waals surface area contributed by atoms with Gasteiger partial charge in [-0.15, -0.1) is 0 Å². The van der Waals surface area contributed by atoms with Gasteiger partial charge in [0.15, 0.2) is 4.77 Å². The van der Waals surface area contributed by atoms with Crippen LogP contribution >= 0.6 is 12.2 Å². The fraction of sp³-hybridized carbons (Fsp3) is 0.667. The Hall–Kier alpha value is -0.780. The monoisotopic (exact) mass is 238 g/mol. The Labute approximate surface area is 91.1 Å². The number of aromatic nitrogens is 2. The van der Waals surface area contributed by atoms with Gasteiger partial charge >= 0.3 is 6.18 Å². The lowest BCUT2D eigenvalue weighted by atomic mass is 9.92. The van der Waals surface area contributed by atoms with Crippen molar-refractivity contribution in [2.24, 2.45) is 0 Å². The number of imidazole rings is 1. The summed E-state index contributed by atoms with van der Waals surface area (Å²) in [5.74, 6) is 0. The molecular weight excluding hydrogens is 225 g/mol. The molecule has 0 aromatic carbocycles. The van der Waals surface area contributed by atoms with Crippen LogP contribution in [0, 0.1) is 4.77 Å². The van der Waals surface area contributed by atoms with Gasteiger partial charge in [0, 0.05) is 17.3 Å². The molecule has 0 saturated heterocycles. The van der Waals surface area contributed by atoms with Gasteiger partial charge in [-0.1, -0.05) is 20.8 Å². The van der Waals surface area contributed by atoms with Crippen LogP contribution in [0.3, 0.4) is 0 Å². The molecule has 0 amide bonds. The van der Waals surface area contributed by atoms with E-state index in [1.807, 2.05) is 20.8 Å². The van der Waals surface area contributed by atoms with E-state index in [1.165, 1.54) is 6.20 Å². The average Bonchev–Trinajstić information content (AvgIpc) is 2.28. The first-order chi connectivity index (χ1) is 6.61. The third kappa shape index (κ3) is 3.09. The minimum absolute atomic E-state index is 0.109. The topological polar surface area (TPSA) is 20.7 Å². The van der Waals surface area contributed by atoms with Crippen LogP contribution in [-0.4, -0.2) is 15.7 Å². The van der Waals surface area contributed by atoms with Crippen molar-refractivity contribution in [3.05, 3.63) is 16.7 Å². The van der Waals surface area contributed by atoms with E-state index in [2.05, 4.69) is 4.98 Å². The Morgan fingerprint density at radius 2 is 1.87 bits per heavy atom. The minimum Gasteiger partial charge on any atom is -0.337 e. The predicted octanol–water partition coefficient (Wildman–Crippen LogP) is 3.41. The average molecular weight is 238 g/mol. The largest absolute Gasteiger partial charge is 0.406 e. The van der Waals surface area contributed by atoms with Crippen LogP contribution in [0.1, 0.15) is 26.5 Å². The standard InChI is InChI=1S/C9H13F3N2S/c1-8(2,3)6-4-13-7(15)14(6)5-9(10,11)12/h4H,5H2,1-3H3,(H,13,15). The molecule has 1 N–H and O–H groups in total. The molecule has 0 aliphatic rings. The summed E-state index contributed by atoms with van der Waals surface area (Å²) in [5.41, 5.74) is 0.198. The van der Waals surface area contributed by atoms with Gasteiger partial charge in [-0.05, 0) is 12.2 Å². The molecule has 86 valence electrons. The van der Waals surface area contributed by atoms with Gasteiger partial charge in [-0.3, -0.25) is 0 Å². The van der Waals surface area contributed by atoms with Crippen molar-refractivity contribution in [2.75, 3.05) is 0 Å². The molecule has 0 atom stereocenters. The number of hydrogen-bond donors (Lipinski definition) is 1. The lowest BCUT2D eigenvalue weighted by Crippen LogP contribution is -2.24. The van der Waals surface area contributed by atoms with E-state index in [9.17, 15) is 13.2 Å². The molecule has 1 rings (SSSR count). The zero-order valence-corrected chi connectivity index (χ0v) is 9.59. The number of alkyl halides is 3. The highest BCUT2D eigenvalue weighted by Gasteiger charge is 2.31. The molecule has 1 aromatic rings. The first-order valence-electron chi connectivity index (χ1n) is 4.47. The van der Waals surface area contributed by atoms with Crippen molar-refractivity contribution in [1.82, 2.24) is 9.55 Å². The highest BCUT2D eigenvalue weighted by Crippen LogP contribution is 2.26. The Morgan fingerprint density at radius 1 is 1.33 bits per heavy atom. The zero-order chi connectivity index (χ0) is 11.9. The predicted molar refractivity (Wildman–Crippen MR) is 54.4 cm³/mol. The summed E-state index contributed by atoms with van der Waals surface area (Å²) >= 11 is 4.82. The fourth-order valence-electron chi connectivity index (χ4n) is 1.35. The Morgan fingerprint density at radius 3 is 2.27 bits per heavy atom. The van der Waals surface area contributed by atoms with Gasteiger partial charge in [0.05, 0.1) is 0 Å². The number of nitrogens with one attached hydrogen (secondary N) is 1. The van der Waals surface area contributed by atoms with Gasteiger partial charge in [-0.2, -0.15) is 13.2 Å². The number of nitrogens with zero attached hydrogens (tertiary/aromatic N) is 1. The maximum absolute atomic E-state index is 12.3. The van der Waals surface area contributed by atoms with Crippen molar-refractivity contribution in [3.8, 4) is 0 Å². The molecule has 0 bridgehead atoms. The Kier molecular flexibility index (Phi) is 3.00. The van der Waals surface area contributed by atoms with Crippen LogP contribution in [-0.2, 0) is 12.0 Å². The van der Waals surface area contributed by atoms with Crippen molar-refractivity contribution >= 4 is 12.2 Å². The smallest absolute Gasteiger partial charge is 0.337 e. The molecule has 1 heterocycles. The third-order valence-corrected chi connectivity index (χ3v) is 2.31. The van der Waals surface area contributed by atoms with Crippen molar-refractivity contribution in [2.45, 2.75) is 38.9 Å². The van der Waals surface area contributed by atoms with Crippen LogP contribution in [0.25, 0.3) is 0 Å². The second-order valence-corrected chi connectivity index (χ2v) is 4.82.